The van der Waals surface area contributed by atoms with Gasteiger partial charge in [-0.15, -0.1) is 0 Å². The maximum Gasteiger partial charge on any atom is 0.160 e. The quantitative estimate of drug-likeness (QED) is 0.178. The molecule has 8 aromatic rings. The highest BCUT2D eigenvalue weighted by atomic mass is 15.0. The Morgan fingerprint density at radius 3 is 1.78 bits per heavy atom. The van der Waals surface area contributed by atoms with Crippen molar-refractivity contribution >= 4 is 33.8 Å². The molecule has 268 valence electrons. The van der Waals surface area contributed by atoms with Gasteiger partial charge in [-0.05, 0) is 81.7 Å². The minimum atomic E-state index is 0.247. The first kappa shape index (κ1) is 33.5. The van der Waals surface area contributed by atoms with E-state index < -0.39 is 0 Å². The summed E-state index contributed by atoms with van der Waals surface area (Å²) < 4.78 is 2.48. The van der Waals surface area contributed by atoms with Crippen LogP contribution in [0.25, 0.3) is 84.5 Å². The largest absolute Gasteiger partial charge is 0.310 e. The van der Waals surface area contributed by atoms with Gasteiger partial charge in [-0.25, -0.2) is 9.97 Å². The molecule has 3 nitrogen and oxygen atoms in total. The Morgan fingerprint density at radius 2 is 1.07 bits per heavy atom. The third kappa shape index (κ3) is 5.72. The van der Waals surface area contributed by atoms with Gasteiger partial charge in [0.2, 0.25) is 0 Å². The van der Waals surface area contributed by atoms with Gasteiger partial charge in [-0.3, -0.25) is 0 Å². The maximum atomic E-state index is 5.16. The van der Waals surface area contributed by atoms with Gasteiger partial charge in [-0.1, -0.05) is 167 Å². The third-order valence-corrected chi connectivity index (χ3v) is 12.7. The number of para-hydroxylation sites is 1. The lowest BCUT2D eigenvalue weighted by atomic mass is 9.54. The molecule has 6 aromatic carbocycles. The molecule has 2 heterocycles. The van der Waals surface area contributed by atoms with Crippen molar-refractivity contribution in [2.24, 2.45) is 22.7 Å². The first-order valence-electron chi connectivity index (χ1n) is 19.7. The van der Waals surface area contributed by atoms with Crippen LogP contribution in [0.5, 0.6) is 0 Å². The zero-order valence-electron chi connectivity index (χ0n) is 32.0. The van der Waals surface area contributed by atoms with Crippen molar-refractivity contribution in [2.45, 2.75) is 40.5 Å². The number of benzene rings is 6. The van der Waals surface area contributed by atoms with Crippen LogP contribution in [-0.2, 0) is 0 Å². The first-order chi connectivity index (χ1) is 26.7. The van der Waals surface area contributed by atoms with Crippen LogP contribution in [0, 0.1) is 22.7 Å². The molecular formula is C52H45N3. The number of fused-ring (bicyclic) bond motifs is 5. The Bertz CT molecular complexity index is 2850. The molecule has 2 unspecified atom stereocenters. The summed E-state index contributed by atoms with van der Waals surface area (Å²) in [5.74, 6) is 1.73. The van der Waals surface area contributed by atoms with Crippen LogP contribution in [0.4, 0.5) is 0 Å². The smallest absolute Gasteiger partial charge is 0.160 e. The summed E-state index contributed by atoms with van der Waals surface area (Å²) in [5, 5.41) is 6.53. The van der Waals surface area contributed by atoms with Crippen molar-refractivity contribution in [1.29, 1.82) is 0 Å². The summed E-state index contributed by atoms with van der Waals surface area (Å²) in [7, 11) is 0. The highest BCUT2D eigenvalue weighted by Crippen LogP contribution is 2.54. The fourth-order valence-corrected chi connectivity index (χ4v) is 9.40. The first-order valence-corrected chi connectivity index (χ1v) is 19.7. The second-order valence-corrected chi connectivity index (χ2v) is 17.0. The van der Waals surface area contributed by atoms with Crippen molar-refractivity contribution in [3.8, 4) is 50.7 Å². The van der Waals surface area contributed by atoms with E-state index >= 15 is 0 Å². The maximum absolute atomic E-state index is 5.16. The molecule has 0 aliphatic heterocycles. The molecule has 0 saturated heterocycles. The molecule has 0 N–H and O–H groups in total. The lowest BCUT2D eigenvalue weighted by Crippen LogP contribution is -2.48. The molecule has 1 saturated carbocycles. The summed E-state index contributed by atoms with van der Waals surface area (Å²) in [6.07, 6.45) is 7.74. The van der Waals surface area contributed by atoms with Gasteiger partial charge >= 0.3 is 0 Å². The minimum absolute atomic E-state index is 0.247. The summed E-state index contributed by atoms with van der Waals surface area (Å²) in [6, 6.07) is 54.2. The topological polar surface area (TPSA) is 30.7 Å². The average molecular weight is 712 g/mol. The van der Waals surface area contributed by atoms with Gasteiger partial charge in [0.05, 0.1) is 22.3 Å². The summed E-state index contributed by atoms with van der Waals surface area (Å²) in [6.45, 7) is 9.87. The predicted octanol–water partition coefficient (Wildman–Crippen LogP) is 11.9. The number of hydrogen-bond donors (Lipinski definition) is 0. The monoisotopic (exact) mass is 711 g/mol. The van der Waals surface area contributed by atoms with Gasteiger partial charge in [-0.2, -0.15) is 0 Å². The fraction of sp³-hybridized carbons (Fsp3) is 0.192. The van der Waals surface area contributed by atoms with Crippen LogP contribution in [0.3, 0.4) is 0 Å². The van der Waals surface area contributed by atoms with E-state index in [0.717, 1.165) is 33.9 Å². The van der Waals surface area contributed by atoms with E-state index in [4.69, 9.17) is 9.97 Å². The molecule has 2 aliphatic rings. The number of aromatic nitrogens is 3. The van der Waals surface area contributed by atoms with E-state index in [0.29, 0.717) is 11.8 Å². The minimum Gasteiger partial charge on any atom is -0.310 e. The van der Waals surface area contributed by atoms with E-state index in [2.05, 4.69) is 178 Å². The van der Waals surface area contributed by atoms with Crippen LogP contribution in [0.1, 0.15) is 40.5 Å². The molecule has 1 fully saturated rings. The Hall–Kier alpha value is -6.06. The molecule has 0 radical (unpaired) electrons. The third-order valence-electron chi connectivity index (χ3n) is 12.7. The average Bonchev–Trinajstić information content (AvgIpc) is 3.56. The van der Waals surface area contributed by atoms with Crippen molar-refractivity contribution in [2.75, 3.05) is 0 Å². The molecule has 0 bridgehead atoms. The molecule has 2 aliphatic carbocycles. The van der Waals surface area contributed by atoms with Crippen molar-refractivity contribution in [3.63, 3.8) is 0 Å². The summed E-state index contributed by atoms with van der Waals surface area (Å²) in [4.78, 5) is 10.3. The Balaban J connectivity index is 1.07. The molecule has 2 atom stereocenters. The molecule has 55 heavy (non-hydrogen) atoms. The van der Waals surface area contributed by atoms with Gasteiger partial charge < -0.3 is 4.57 Å². The van der Waals surface area contributed by atoms with E-state index in [-0.39, 0.29) is 10.8 Å². The van der Waals surface area contributed by atoms with Crippen LogP contribution >= 0.6 is 0 Å². The second-order valence-electron chi connectivity index (χ2n) is 17.0. The normalized spacial score (nSPS) is 18.3. The SMILES string of the molecule is CC1(C)CCC(C)(C)C2C=c3c(c4ccccc4n3-c3ccc(-c4cc(-c5ccc(-c6cccc7ccccc67)cc5)nc(-c5ccccc5)n4)cc3)=CC21. The molecule has 2 aromatic heterocycles. The molecule has 3 heteroatoms. The molecule has 0 amide bonds. The number of nitrogens with zero attached hydrogens (tertiary/aromatic N) is 3. The lowest BCUT2D eigenvalue weighted by Gasteiger charge is -2.51. The Kier molecular flexibility index (Phi) is 7.78. The molecular weight excluding hydrogens is 667 g/mol. The summed E-state index contributed by atoms with van der Waals surface area (Å²) >= 11 is 0. The Morgan fingerprint density at radius 1 is 0.509 bits per heavy atom. The second kappa shape index (κ2) is 12.8. The number of hydrogen-bond acceptors (Lipinski definition) is 2. The van der Waals surface area contributed by atoms with Gasteiger partial charge in [0, 0.05) is 33.0 Å². The highest BCUT2D eigenvalue weighted by molar-refractivity contribution is 5.97. The number of rotatable bonds is 5. The van der Waals surface area contributed by atoms with Crippen molar-refractivity contribution < 1.29 is 0 Å². The zero-order valence-corrected chi connectivity index (χ0v) is 32.0. The van der Waals surface area contributed by atoms with Crippen molar-refractivity contribution in [3.05, 3.63) is 162 Å². The van der Waals surface area contributed by atoms with Gasteiger partial charge in [0.1, 0.15) is 0 Å². The van der Waals surface area contributed by atoms with Crippen LogP contribution in [0.2, 0.25) is 0 Å². The van der Waals surface area contributed by atoms with E-state index in [9.17, 15) is 0 Å². The van der Waals surface area contributed by atoms with Crippen LogP contribution in [-0.4, -0.2) is 14.5 Å². The standard InChI is InChI=1S/C52H45N3/c1-51(2)29-30-52(3,4)45-32-49-43(31-44(45)51)42-18-10-11-20-48(42)55(49)39-27-25-37(26-28-39)47-33-46(53-50(54-47)38-14-6-5-7-15-38)36-23-21-35(22-24-36)41-19-12-16-34-13-8-9-17-40(34)41/h5-28,31-33,44-45H,29-30H2,1-4H3. The van der Waals surface area contributed by atoms with E-state index in [1.54, 1.807) is 0 Å². The van der Waals surface area contributed by atoms with Crippen LogP contribution in [0.15, 0.2) is 152 Å². The Labute approximate surface area is 323 Å². The fourth-order valence-electron chi connectivity index (χ4n) is 9.40. The van der Waals surface area contributed by atoms with Gasteiger partial charge in [0.25, 0.3) is 0 Å². The lowest BCUT2D eigenvalue weighted by molar-refractivity contribution is 0.0503. The van der Waals surface area contributed by atoms with Crippen LogP contribution < -0.4 is 10.6 Å². The van der Waals surface area contributed by atoms with Gasteiger partial charge in [0.15, 0.2) is 5.82 Å². The van der Waals surface area contributed by atoms with Crippen molar-refractivity contribution in [1.82, 2.24) is 14.5 Å². The van der Waals surface area contributed by atoms with E-state index in [1.807, 2.05) is 18.2 Å². The molecule has 0 spiro atoms. The zero-order chi connectivity index (χ0) is 37.3. The summed E-state index contributed by atoms with van der Waals surface area (Å²) in [5.41, 5.74) is 10.3. The predicted molar refractivity (Wildman–Crippen MR) is 230 cm³/mol. The molecule has 10 rings (SSSR count). The highest BCUT2D eigenvalue weighted by Gasteiger charge is 2.46. The van der Waals surface area contributed by atoms with E-state index in [1.165, 1.54) is 61.9 Å².